The van der Waals surface area contributed by atoms with Gasteiger partial charge >= 0.3 is 0 Å². The van der Waals surface area contributed by atoms with Crippen LogP contribution in [-0.4, -0.2) is 16.1 Å². The van der Waals surface area contributed by atoms with Crippen molar-refractivity contribution in [2.45, 2.75) is 18.1 Å². The van der Waals surface area contributed by atoms with Crippen LogP contribution >= 0.6 is 23.5 Å². The average Bonchev–Trinajstić information content (AvgIpc) is 3.33. The van der Waals surface area contributed by atoms with Crippen LogP contribution in [0.4, 0.5) is 20.3 Å². The Hall–Kier alpha value is -1.86. The molecule has 1 heterocycles. The van der Waals surface area contributed by atoms with Crippen LogP contribution in [0.3, 0.4) is 0 Å². The predicted octanol–water partition coefficient (Wildman–Crippen LogP) is 4.49. The summed E-state index contributed by atoms with van der Waals surface area (Å²) >= 11 is 7.12. The zero-order valence-corrected chi connectivity index (χ0v) is 13.3. The number of anilines is 2. The lowest BCUT2D eigenvalue weighted by atomic mass is 10.2. The Bertz CT molecular complexity index is 755. The SMILES string of the molecule is O=C(Nc1ccc(F)c(Cl)c1)c1cc(F)nc(NSC2CC2)c1. The second kappa shape index (κ2) is 6.72. The number of rotatable bonds is 5. The largest absolute Gasteiger partial charge is 0.322 e. The van der Waals surface area contributed by atoms with Crippen LogP contribution < -0.4 is 10.0 Å². The molecule has 0 unspecified atom stereocenters. The normalized spacial score (nSPS) is 13.7. The molecule has 1 fully saturated rings. The van der Waals surface area contributed by atoms with Crippen LogP contribution in [0, 0.1) is 11.8 Å². The van der Waals surface area contributed by atoms with Crippen molar-refractivity contribution in [3.63, 3.8) is 0 Å². The van der Waals surface area contributed by atoms with Gasteiger partial charge in [-0.1, -0.05) is 11.6 Å². The number of halogens is 3. The molecule has 0 aliphatic heterocycles. The van der Waals surface area contributed by atoms with E-state index in [1.165, 1.54) is 30.1 Å². The van der Waals surface area contributed by atoms with Gasteiger partial charge in [-0.15, -0.1) is 0 Å². The van der Waals surface area contributed by atoms with Crippen molar-refractivity contribution in [3.05, 3.63) is 52.7 Å². The molecule has 0 atom stereocenters. The first-order valence-electron chi connectivity index (χ1n) is 6.87. The lowest BCUT2D eigenvalue weighted by Crippen LogP contribution is -2.13. The van der Waals surface area contributed by atoms with E-state index in [4.69, 9.17) is 11.6 Å². The van der Waals surface area contributed by atoms with Crippen LogP contribution in [0.25, 0.3) is 0 Å². The fourth-order valence-electron chi connectivity index (χ4n) is 1.79. The third kappa shape index (κ3) is 4.33. The topological polar surface area (TPSA) is 54.0 Å². The van der Waals surface area contributed by atoms with Gasteiger partial charge in [-0.05, 0) is 49.1 Å². The standard InChI is InChI=1S/C15H12ClF2N3OS/c16-11-7-9(1-4-12(11)17)19-15(22)8-5-13(18)20-14(6-8)21-23-10-2-3-10/h1,4-7,10H,2-3H2,(H,19,22)(H,20,21). The van der Waals surface area contributed by atoms with Crippen molar-refractivity contribution < 1.29 is 13.6 Å². The highest BCUT2D eigenvalue weighted by molar-refractivity contribution is 8.01. The van der Waals surface area contributed by atoms with E-state index in [0.717, 1.165) is 25.0 Å². The van der Waals surface area contributed by atoms with Crippen LogP contribution in [-0.2, 0) is 0 Å². The van der Waals surface area contributed by atoms with Gasteiger partial charge in [0, 0.05) is 22.6 Å². The zero-order chi connectivity index (χ0) is 16.4. The summed E-state index contributed by atoms with van der Waals surface area (Å²) < 4.78 is 29.6. The molecule has 1 aliphatic carbocycles. The Morgan fingerprint density at radius 2 is 2.04 bits per heavy atom. The molecule has 1 aromatic heterocycles. The number of carbonyl (C=O) groups excluding carboxylic acids is 1. The molecule has 2 N–H and O–H groups in total. The Morgan fingerprint density at radius 3 is 2.74 bits per heavy atom. The molecule has 0 saturated heterocycles. The summed E-state index contributed by atoms with van der Waals surface area (Å²) in [5.41, 5.74) is 0.428. The molecule has 1 aromatic carbocycles. The number of pyridine rings is 1. The smallest absolute Gasteiger partial charge is 0.255 e. The van der Waals surface area contributed by atoms with Crippen LogP contribution in [0.15, 0.2) is 30.3 Å². The summed E-state index contributed by atoms with van der Waals surface area (Å²) in [6.45, 7) is 0. The van der Waals surface area contributed by atoms with Gasteiger partial charge in [-0.3, -0.25) is 4.79 Å². The predicted molar refractivity (Wildman–Crippen MR) is 87.8 cm³/mol. The lowest BCUT2D eigenvalue weighted by Gasteiger charge is -2.08. The van der Waals surface area contributed by atoms with E-state index in [0.29, 0.717) is 10.9 Å². The van der Waals surface area contributed by atoms with Crippen molar-refractivity contribution >= 4 is 41.0 Å². The van der Waals surface area contributed by atoms with E-state index in [1.807, 2.05) is 0 Å². The molecule has 1 amide bonds. The number of nitrogens with one attached hydrogen (secondary N) is 2. The molecule has 0 radical (unpaired) electrons. The van der Waals surface area contributed by atoms with E-state index in [-0.39, 0.29) is 16.4 Å². The molecular formula is C15H12ClF2N3OS. The maximum Gasteiger partial charge on any atom is 0.255 e. The van der Waals surface area contributed by atoms with E-state index in [9.17, 15) is 13.6 Å². The Balaban J connectivity index is 1.73. The molecule has 2 aromatic rings. The molecule has 120 valence electrons. The van der Waals surface area contributed by atoms with Crippen LogP contribution in [0.1, 0.15) is 23.2 Å². The van der Waals surface area contributed by atoms with Crippen molar-refractivity contribution in [3.8, 4) is 0 Å². The number of aromatic nitrogens is 1. The molecule has 0 bridgehead atoms. The van der Waals surface area contributed by atoms with Gasteiger partial charge in [-0.2, -0.15) is 4.39 Å². The summed E-state index contributed by atoms with van der Waals surface area (Å²) in [5, 5.41) is 2.95. The van der Waals surface area contributed by atoms with Crippen molar-refractivity contribution in [1.29, 1.82) is 0 Å². The second-order valence-electron chi connectivity index (χ2n) is 5.07. The van der Waals surface area contributed by atoms with Gasteiger partial charge in [0.2, 0.25) is 5.95 Å². The third-order valence-electron chi connectivity index (χ3n) is 3.09. The van der Waals surface area contributed by atoms with Gasteiger partial charge in [0.15, 0.2) is 0 Å². The van der Waals surface area contributed by atoms with Crippen molar-refractivity contribution in [1.82, 2.24) is 4.98 Å². The van der Waals surface area contributed by atoms with Gasteiger partial charge in [-0.25, -0.2) is 9.37 Å². The maximum absolute atomic E-state index is 13.6. The number of nitrogens with zero attached hydrogens (tertiary/aromatic N) is 1. The number of amides is 1. The number of carbonyl (C=O) groups is 1. The first-order valence-corrected chi connectivity index (χ1v) is 8.12. The fourth-order valence-corrected chi connectivity index (χ4v) is 2.73. The molecule has 4 nitrogen and oxygen atoms in total. The molecule has 8 heteroatoms. The summed E-state index contributed by atoms with van der Waals surface area (Å²) in [4.78, 5) is 15.9. The fraction of sp³-hybridized carbons (Fsp3) is 0.200. The zero-order valence-electron chi connectivity index (χ0n) is 11.8. The highest BCUT2D eigenvalue weighted by Crippen LogP contribution is 2.34. The van der Waals surface area contributed by atoms with Gasteiger partial charge < -0.3 is 10.0 Å². The van der Waals surface area contributed by atoms with Gasteiger partial charge in [0.1, 0.15) is 11.6 Å². The van der Waals surface area contributed by atoms with Crippen molar-refractivity contribution in [2.75, 3.05) is 10.0 Å². The van der Waals surface area contributed by atoms with E-state index in [1.54, 1.807) is 0 Å². The van der Waals surface area contributed by atoms with Crippen LogP contribution in [0.2, 0.25) is 5.02 Å². The molecular weight excluding hydrogens is 344 g/mol. The molecule has 1 saturated carbocycles. The van der Waals surface area contributed by atoms with E-state index < -0.39 is 17.7 Å². The summed E-state index contributed by atoms with van der Waals surface area (Å²) in [6.07, 6.45) is 2.23. The first-order chi connectivity index (χ1) is 11.0. The summed E-state index contributed by atoms with van der Waals surface area (Å²) in [7, 11) is 0. The molecule has 0 spiro atoms. The third-order valence-corrected chi connectivity index (χ3v) is 4.51. The average molecular weight is 356 g/mol. The van der Waals surface area contributed by atoms with Crippen molar-refractivity contribution in [2.24, 2.45) is 0 Å². The monoisotopic (exact) mass is 355 g/mol. The molecule has 23 heavy (non-hydrogen) atoms. The quantitative estimate of drug-likeness (QED) is 0.613. The minimum absolute atomic E-state index is 0.105. The Kier molecular flexibility index (Phi) is 4.68. The highest BCUT2D eigenvalue weighted by Gasteiger charge is 2.22. The summed E-state index contributed by atoms with van der Waals surface area (Å²) in [5.74, 6) is -1.59. The summed E-state index contributed by atoms with van der Waals surface area (Å²) in [6, 6.07) is 6.30. The minimum atomic E-state index is -0.756. The minimum Gasteiger partial charge on any atom is -0.322 e. The first kappa shape index (κ1) is 16.0. The molecule has 3 rings (SSSR count). The molecule has 1 aliphatic rings. The second-order valence-corrected chi connectivity index (χ2v) is 6.58. The highest BCUT2D eigenvalue weighted by atomic mass is 35.5. The maximum atomic E-state index is 13.6. The van der Waals surface area contributed by atoms with E-state index in [2.05, 4.69) is 15.0 Å². The number of benzene rings is 1. The Morgan fingerprint density at radius 1 is 1.26 bits per heavy atom. The Labute approximate surface area is 140 Å². The van der Waals surface area contributed by atoms with E-state index >= 15 is 0 Å². The lowest BCUT2D eigenvalue weighted by molar-refractivity contribution is 0.102. The van der Waals surface area contributed by atoms with Crippen LogP contribution in [0.5, 0.6) is 0 Å². The van der Waals surface area contributed by atoms with Gasteiger partial charge in [0.25, 0.3) is 5.91 Å². The number of hydrogen-bond acceptors (Lipinski definition) is 4. The number of hydrogen-bond donors (Lipinski definition) is 2. The van der Waals surface area contributed by atoms with Gasteiger partial charge in [0.05, 0.1) is 5.02 Å².